The number of nitrogens with one attached hydrogen (secondary N) is 2. The molecule has 1 amide bonds. The quantitative estimate of drug-likeness (QED) is 0.727. The highest BCUT2D eigenvalue weighted by atomic mass is 19.1. The zero-order chi connectivity index (χ0) is 11.1. The van der Waals surface area contributed by atoms with E-state index in [-0.39, 0.29) is 11.7 Å². The van der Waals surface area contributed by atoms with Crippen LogP contribution in [-0.2, 0) is 4.79 Å². The van der Waals surface area contributed by atoms with Gasteiger partial charge in [0, 0.05) is 25.7 Å². The lowest BCUT2D eigenvalue weighted by atomic mass is 10.2. The number of hydrogen-bond donors (Lipinski definition) is 2. The Labute approximate surface area is 88.7 Å². The van der Waals surface area contributed by atoms with Crippen LogP contribution >= 0.6 is 0 Å². The summed E-state index contributed by atoms with van der Waals surface area (Å²) in [5, 5.41) is 5.59. The second kappa shape index (κ2) is 6.01. The fourth-order valence-corrected chi connectivity index (χ4v) is 1.21. The van der Waals surface area contributed by atoms with Crippen LogP contribution in [0.2, 0.25) is 0 Å². The average molecular weight is 210 g/mol. The van der Waals surface area contributed by atoms with Gasteiger partial charge < -0.3 is 10.6 Å². The highest BCUT2D eigenvalue weighted by Crippen LogP contribution is 2.08. The van der Waals surface area contributed by atoms with Gasteiger partial charge in [-0.15, -0.1) is 0 Å². The van der Waals surface area contributed by atoms with Crippen molar-refractivity contribution in [3.8, 4) is 0 Å². The SMILES string of the molecule is CNC(=O)CCCNc1cccc(F)c1. The minimum Gasteiger partial charge on any atom is -0.385 e. The van der Waals surface area contributed by atoms with Crippen LogP contribution in [0.1, 0.15) is 12.8 Å². The molecule has 0 atom stereocenters. The Morgan fingerprint density at radius 3 is 2.93 bits per heavy atom. The van der Waals surface area contributed by atoms with Crippen molar-refractivity contribution in [1.82, 2.24) is 5.32 Å². The summed E-state index contributed by atoms with van der Waals surface area (Å²) in [6.45, 7) is 0.664. The summed E-state index contributed by atoms with van der Waals surface area (Å²) in [4.78, 5) is 10.9. The summed E-state index contributed by atoms with van der Waals surface area (Å²) < 4.78 is 12.8. The van der Waals surface area contributed by atoms with Crippen molar-refractivity contribution in [3.63, 3.8) is 0 Å². The largest absolute Gasteiger partial charge is 0.385 e. The lowest BCUT2D eigenvalue weighted by Gasteiger charge is -2.05. The minimum absolute atomic E-state index is 0.0241. The molecule has 0 aromatic heterocycles. The van der Waals surface area contributed by atoms with Gasteiger partial charge in [-0.2, -0.15) is 0 Å². The molecule has 0 spiro atoms. The predicted molar refractivity (Wildman–Crippen MR) is 58.2 cm³/mol. The Balaban J connectivity index is 2.23. The number of amides is 1. The molecule has 2 N–H and O–H groups in total. The molecule has 0 aliphatic rings. The second-order valence-electron chi connectivity index (χ2n) is 3.21. The maximum atomic E-state index is 12.8. The highest BCUT2D eigenvalue weighted by Gasteiger charge is 1.97. The van der Waals surface area contributed by atoms with Crippen LogP contribution in [0.3, 0.4) is 0 Å². The van der Waals surface area contributed by atoms with Crippen molar-refractivity contribution in [2.24, 2.45) is 0 Å². The predicted octanol–water partition coefficient (Wildman–Crippen LogP) is 1.76. The van der Waals surface area contributed by atoms with E-state index in [1.807, 2.05) is 0 Å². The molecule has 1 aromatic rings. The summed E-state index contributed by atoms with van der Waals surface area (Å²) >= 11 is 0. The zero-order valence-electron chi connectivity index (χ0n) is 8.72. The molecule has 0 aliphatic carbocycles. The maximum Gasteiger partial charge on any atom is 0.219 e. The van der Waals surface area contributed by atoms with E-state index in [2.05, 4.69) is 10.6 Å². The number of benzene rings is 1. The Morgan fingerprint density at radius 2 is 2.27 bits per heavy atom. The first-order chi connectivity index (χ1) is 7.22. The van der Waals surface area contributed by atoms with Gasteiger partial charge in [0.2, 0.25) is 5.91 Å². The first-order valence-corrected chi connectivity index (χ1v) is 4.92. The Bertz CT molecular complexity index is 328. The summed E-state index contributed by atoms with van der Waals surface area (Å²) in [6, 6.07) is 6.27. The minimum atomic E-state index is -0.258. The second-order valence-corrected chi connectivity index (χ2v) is 3.21. The van der Waals surface area contributed by atoms with Gasteiger partial charge in [0.1, 0.15) is 5.82 Å². The molecule has 4 heteroatoms. The third-order valence-electron chi connectivity index (χ3n) is 2.01. The fraction of sp³-hybridized carbons (Fsp3) is 0.364. The number of halogens is 1. The van der Waals surface area contributed by atoms with Crippen molar-refractivity contribution < 1.29 is 9.18 Å². The number of carbonyl (C=O) groups excluding carboxylic acids is 1. The third-order valence-corrected chi connectivity index (χ3v) is 2.01. The highest BCUT2D eigenvalue weighted by molar-refractivity contribution is 5.75. The lowest BCUT2D eigenvalue weighted by Crippen LogP contribution is -2.18. The molecule has 1 rings (SSSR count). The Morgan fingerprint density at radius 1 is 1.47 bits per heavy atom. The van der Waals surface area contributed by atoms with Crippen molar-refractivity contribution in [2.45, 2.75) is 12.8 Å². The van der Waals surface area contributed by atoms with Crippen LogP contribution in [-0.4, -0.2) is 19.5 Å². The first kappa shape index (κ1) is 11.5. The van der Waals surface area contributed by atoms with Gasteiger partial charge in [-0.3, -0.25) is 4.79 Å². The lowest BCUT2D eigenvalue weighted by molar-refractivity contribution is -0.120. The van der Waals surface area contributed by atoms with Crippen molar-refractivity contribution in [3.05, 3.63) is 30.1 Å². The van der Waals surface area contributed by atoms with Crippen LogP contribution in [0, 0.1) is 5.82 Å². The molecular weight excluding hydrogens is 195 g/mol. The molecule has 82 valence electrons. The molecule has 0 saturated carbocycles. The molecule has 0 heterocycles. The van der Waals surface area contributed by atoms with E-state index >= 15 is 0 Å². The van der Waals surface area contributed by atoms with E-state index in [4.69, 9.17) is 0 Å². The molecule has 0 radical (unpaired) electrons. The van der Waals surface area contributed by atoms with Crippen LogP contribution in [0.25, 0.3) is 0 Å². The van der Waals surface area contributed by atoms with Crippen LogP contribution in [0.4, 0.5) is 10.1 Å². The molecule has 3 nitrogen and oxygen atoms in total. The van der Waals surface area contributed by atoms with Gasteiger partial charge >= 0.3 is 0 Å². The van der Waals surface area contributed by atoms with E-state index in [9.17, 15) is 9.18 Å². The third kappa shape index (κ3) is 4.44. The van der Waals surface area contributed by atoms with Gasteiger partial charge in [0.15, 0.2) is 0 Å². The molecule has 0 fully saturated rings. The summed E-state index contributed by atoms with van der Waals surface area (Å²) in [5.41, 5.74) is 0.743. The van der Waals surface area contributed by atoms with Crippen LogP contribution in [0.5, 0.6) is 0 Å². The number of carbonyl (C=O) groups is 1. The van der Waals surface area contributed by atoms with Gasteiger partial charge in [-0.1, -0.05) is 6.07 Å². The topological polar surface area (TPSA) is 41.1 Å². The van der Waals surface area contributed by atoms with Crippen LogP contribution < -0.4 is 10.6 Å². The molecule has 15 heavy (non-hydrogen) atoms. The van der Waals surface area contributed by atoms with Gasteiger partial charge in [0.25, 0.3) is 0 Å². The van der Waals surface area contributed by atoms with Gasteiger partial charge in [-0.25, -0.2) is 4.39 Å². The van der Waals surface area contributed by atoms with Crippen molar-refractivity contribution in [1.29, 1.82) is 0 Å². The summed E-state index contributed by atoms with van der Waals surface area (Å²) in [5.74, 6) is -0.234. The van der Waals surface area contributed by atoms with Crippen molar-refractivity contribution >= 4 is 11.6 Å². The Hall–Kier alpha value is -1.58. The van der Waals surface area contributed by atoms with E-state index in [0.717, 1.165) is 12.1 Å². The standard InChI is InChI=1S/C11H15FN2O/c1-13-11(15)6-3-7-14-10-5-2-4-9(12)8-10/h2,4-5,8,14H,3,6-7H2,1H3,(H,13,15). The van der Waals surface area contributed by atoms with Gasteiger partial charge in [0.05, 0.1) is 0 Å². The molecule has 0 aliphatic heterocycles. The normalized spacial score (nSPS) is 9.73. The summed E-state index contributed by atoms with van der Waals surface area (Å²) in [6.07, 6.45) is 1.22. The number of anilines is 1. The number of rotatable bonds is 5. The van der Waals surface area contributed by atoms with Crippen molar-refractivity contribution in [2.75, 3.05) is 18.9 Å². The van der Waals surface area contributed by atoms with E-state index < -0.39 is 0 Å². The monoisotopic (exact) mass is 210 g/mol. The van der Waals surface area contributed by atoms with E-state index in [1.165, 1.54) is 12.1 Å². The Kier molecular flexibility index (Phi) is 4.60. The maximum absolute atomic E-state index is 12.8. The molecule has 0 bridgehead atoms. The number of hydrogen-bond acceptors (Lipinski definition) is 2. The molecule has 0 unspecified atom stereocenters. The van der Waals surface area contributed by atoms with Gasteiger partial charge in [-0.05, 0) is 24.6 Å². The van der Waals surface area contributed by atoms with E-state index in [1.54, 1.807) is 19.2 Å². The molecule has 0 saturated heterocycles. The van der Waals surface area contributed by atoms with E-state index in [0.29, 0.717) is 13.0 Å². The molecule has 1 aromatic carbocycles. The van der Waals surface area contributed by atoms with Crippen LogP contribution in [0.15, 0.2) is 24.3 Å². The zero-order valence-corrected chi connectivity index (χ0v) is 8.72. The summed E-state index contributed by atoms with van der Waals surface area (Å²) in [7, 11) is 1.61. The molecular formula is C11H15FN2O. The first-order valence-electron chi connectivity index (χ1n) is 4.92. The fourth-order valence-electron chi connectivity index (χ4n) is 1.21. The average Bonchev–Trinajstić information content (AvgIpc) is 2.24. The smallest absolute Gasteiger partial charge is 0.219 e.